The minimum Gasteiger partial charge on any atom is -0.450 e. The molecule has 0 atom stereocenters. The lowest BCUT2D eigenvalue weighted by Crippen LogP contribution is -1.97. The molecule has 11 nitrogen and oxygen atoms in total. The van der Waals surface area contributed by atoms with Crippen LogP contribution in [-0.2, 0) is 0 Å². The highest BCUT2D eigenvalue weighted by Crippen LogP contribution is 2.34. The molecule has 0 aliphatic heterocycles. The van der Waals surface area contributed by atoms with Gasteiger partial charge in [-0.1, -0.05) is 0 Å². The van der Waals surface area contributed by atoms with Crippen molar-refractivity contribution in [1.82, 2.24) is 9.66 Å². The van der Waals surface area contributed by atoms with Crippen LogP contribution in [0.4, 0.5) is 17.3 Å². The Kier molecular flexibility index (Phi) is 4.98. The number of nitrogens with two attached hydrogens (primary N) is 1. The van der Waals surface area contributed by atoms with Crippen molar-refractivity contribution in [3.8, 4) is 11.5 Å². The molecule has 0 spiro atoms. The van der Waals surface area contributed by atoms with Gasteiger partial charge < -0.3 is 10.5 Å². The third kappa shape index (κ3) is 4.09. The first-order chi connectivity index (χ1) is 13.3. The van der Waals surface area contributed by atoms with Crippen molar-refractivity contribution in [3.05, 3.63) is 80.1 Å². The predicted octanol–water partition coefficient (Wildman–Crippen LogP) is 3.26. The summed E-state index contributed by atoms with van der Waals surface area (Å²) >= 11 is 0. The van der Waals surface area contributed by atoms with Gasteiger partial charge in [-0.2, -0.15) is 5.10 Å². The van der Waals surface area contributed by atoms with Gasteiger partial charge in [-0.3, -0.25) is 20.2 Å². The second-order valence-corrected chi connectivity index (χ2v) is 5.67. The molecule has 1 heterocycles. The van der Waals surface area contributed by atoms with Crippen LogP contribution in [0.2, 0.25) is 0 Å². The van der Waals surface area contributed by atoms with Gasteiger partial charge in [0.2, 0.25) is 11.7 Å². The zero-order valence-electron chi connectivity index (χ0n) is 14.6. The van der Waals surface area contributed by atoms with E-state index >= 15 is 0 Å². The van der Waals surface area contributed by atoms with Crippen LogP contribution in [0.1, 0.15) is 11.3 Å². The van der Waals surface area contributed by atoms with E-state index in [1.807, 2.05) is 0 Å². The second-order valence-electron chi connectivity index (χ2n) is 5.67. The summed E-state index contributed by atoms with van der Waals surface area (Å²) in [6.45, 7) is 1.80. The summed E-state index contributed by atoms with van der Waals surface area (Å²) in [4.78, 5) is 24.5. The normalized spacial score (nSPS) is 10.9. The lowest BCUT2D eigenvalue weighted by atomic mass is 10.2. The molecule has 0 aliphatic carbocycles. The van der Waals surface area contributed by atoms with Crippen LogP contribution in [0.5, 0.6) is 11.5 Å². The molecule has 3 rings (SSSR count). The van der Waals surface area contributed by atoms with E-state index in [4.69, 9.17) is 10.5 Å². The van der Waals surface area contributed by atoms with Crippen LogP contribution in [0.3, 0.4) is 0 Å². The van der Waals surface area contributed by atoms with Crippen LogP contribution in [-0.4, -0.2) is 25.7 Å². The average molecular weight is 382 g/mol. The molecule has 0 aliphatic rings. The number of nitrogen functional groups attached to an aromatic ring is 1. The second kappa shape index (κ2) is 7.53. The Morgan fingerprint density at radius 2 is 1.86 bits per heavy atom. The number of benzene rings is 2. The summed E-state index contributed by atoms with van der Waals surface area (Å²) in [5.41, 5.74) is 6.29. The fourth-order valence-corrected chi connectivity index (χ4v) is 2.32. The quantitative estimate of drug-likeness (QED) is 0.390. The topological polar surface area (TPSA) is 152 Å². The van der Waals surface area contributed by atoms with Crippen molar-refractivity contribution < 1.29 is 14.6 Å². The zero-order valence-corrected chi connectivity index (χ0v) is 14.6. The van der Waals surface area contributed by atoms with E-state index in [1.165, 1.54) is 10.7 Å². The number of nitrogens with zero attached hydrogens (tertiary/aromatic N) is 5. The summed E-state index contributed by atoms with van der Waals surface area (Å²) in [5.74, 6) is 0.491. The van der Waals surface area contributed by atoms with Crippen molar-refractivity contribution >= 4 is 23.5 Å². The molecule has 0 radical (unpaired) electrons. The molecule has 0 amide bonds. The summed E-state index contributed by atoms with van der Waals surface area (Å²) in [6, 6.07) is 9.75. The maximum atomic E-state index is 11.2. The molecule has 0 saturated heterocycles. The van der Waals surface area contributed by atoms with Gasteiger partial charge in [0.25, 0.3) is 5.69 Å². The van der Waals surface area contributed by atoms with Gasteiger partial charge >= 0.3 is 5.69 Å². The number of ether oxygens (including phenoxy) is 1. The predicted molar refractivity (Wildman–Crippen MR) is 101 cm³/mol. The number of hydrogen-bond donors (Lipinski definition) is 1. The average Bonchev–Trinajstić information content (AvgIpc) is 2.98. The molecule has 0 unspecified atom stereocenters. The molecule has 142 valence electrons. The lowest BCUT2D eigenvalue weighted by Gasteiger charge is -2.06. The van der Waals surface area contributed by atoms with Crippen LogP contribution in [0, 0.1) is 27.2 Å². The molecular formula is C17H14N6O5. The molecule has 11 heteroatoms. The van der Waals surface area contributed by atoms with E-state index in [2.05, 4.69) is 10.1 Å². The highest BCUT2D eigenvalue weighted by molar-refractivity contribution is 5.79. The molecule has 0 fully saturated rings. The number of nitro benzene ring substituents is 2. The maximum Gasteiger partial charge on any atom is 0.318 e. The van der Waals surface area contributed by atoms with Crippen molar-refractivity contribution in [2.45, 2.75) is 6.92 Å². The van der Waals surface area contributed by atoms with Gasteiger partial charge in [-0.15, -0.1) is 0 Å². The van der Waals surface area contributed by atoms with Crippen LogP contribution >= 0.6 is 0 Å². The number of aryl methyl sites for hydroxylation is 1. The largest absolute Gasteiger partial charge is 0.450 e. The zero-order chi connectivity index (χ0) is 20.3. The molecule has 2 N–H and O–H groups in total. The smallest absolute Gasteiger partial charge is 0.318 e. The first-order valence-electron chi connectivity index (χ1n) is 7.90. The van der Waals surface area contributed by atoms with Crippen molar-refractivity contribution in [2.24, 2.45) is 5.10 Å². The van der Waals surface area contributed by atoms with Gasteiger partial charge in [0.1, 0.15) is 5.75 Å². The highest BCUT2D eigenvalue weighted by Gasteiger charge is 2.21. The fraction of sp³-hybridized carbons (Fsp3) is 0.0588. The third-order valence-corrected chi connectivity index (χ3v) is 3.62. The fourth-order valence-electron chi connectivity index (χ4n) is 2.32. The Hall–Kier alpha value is -4.28. The Morgan fingerprint density at radius 3 is 2.43 bits per heavy atom. The summed E-state index contributed by atoms with van der Waals surface area (Å²) in [5, 5.41) is 26.1. The van der Waals surface area contributed by atoms with E-state index in [1.54, 1.807) is 43.6 Å². The monoisotopic (exact) mass is 382 g/mol. The van der Waals surface area contributed by atoms with E-state index in [9.17, 15) is 20.2 Å². The third-order valence-electron chi connectivity index (χ3n) is 3.62. The van der Waals surface area contributed by atoms with Gasteiger partial charge in [0.05, 0.1) is 34.0 Å². The Labute approximate surface area is 158 Å². The molecule has 3 aromatic rings. The minimum absolute atomic E-state index is 0.0984. The summed E-state index contributed by atoms with van der Waals surface area (Å²) in [6.07, 6.45) is 3.24. The lowest BCUT2D eigenvalue weighted by molar-refractivity contribution is -0.394. The minimum atomic E-state index is -0.735. The molecule has 0 saturated carbocycles. The summed E-state index contributed by atoms with van der Waals surface area (Å²) in [7, 11) is 0. The van der Waals surface area contributed by atoms with Crippen molar-refractivity contribution in [2.75, 3.05) is 5.73 Å². The van der Waals surface area contributed by atoms with E-state index in [0.717, 1.165) is 23.4 Å². The summed E-state index contributed by atoms with van der Waals surface area (Å²) < 4.78 is 6.93. The van der Waals surface area contributed by atoms with Crippen LogP contribution in [0.15, 0.2) is 53.8 Å². The number of aromatic nitrogens is 2. The first-order valence-corrected chi connectivity index (χ1v) is 7.90. The van der Waals surface area contributed by atoms with E-state index < -0.39 is 15.5 Å². The Bertz CT molecular complexity index is 1070. The number of hydrogen-bond acceptors (Lipinski definition) is 8. The van der Waals surface area contributed by atoms with Crippen LogP contribution < -0.4 is 10.5 Å². The van der Waals surface area contributed by atoms with Crippen LogP contribution in [0.25, 0.3) is 0 Å². The van der Waals surface area contributed by atoms with E-state index in [0.29, 0.717) is 5.75 Å². The van der Waals surface area contributed by atoms with Gasteiger partial charge in [-0.05, 0) is 42.8 Å². The highest BCUT2D eigenvalue weighted by atomic mass is 16.6. The Morgan fingerprint density at radius 1 is 1.14 bits per heavy atom. The molecule has 1 aromatic heterocycles. The number of rotatable bonds is 6. The molecular weight excluding hydrogens is 368 g/mol. The van der Waals surface area contributed by atoms with Gasteiger partial charge in [0.15, 0.2) is 0 Å². The van der Waals surface area contributed by atoms with E-state index in [-0.39, 0.29) is 17.4 Å². The number of imidazole rings is 1. The van der Waals surface area contributed by atoms with Gasteiger partial charge in [0, 0.05) is 6.07 Å². The van der Waals surface area contributed by atoms with Crippen molar-refractivity contribution in [3.63, 3.8) is 0 Å². The van der Waals surface area contributed by atoms with Crippen molar-refractivity contribution in [1.29, 1.82) is 0 Å². The number of anilines is 1. The first kappa shape index (κ1) is 18.5. The van der Waals surface area contributed by atoms with Gasteiger partial charge in [-0.25, -0.2) is 9.66 Å². The molecule has 28 heavy (non-hydrogen) atoms. The standard InChI is InChI=1S/C17H14N6O5/c1-11-10-21(17(18)20-11)19-9-12-2-5-14(6-3-12)28-16-7-4-13(22(24)25)8-15(16)23(26)27/h2-10H,1H3,(H2,18,20). The molecule has 0 bridgehead atoms. The molecule has 2 aromatic carbocycles. The maximum absolute atomic E-state index is 11.2. The number of non-ortho nitro benzene ring substituents is 1. The Balaban J connectivity index is 1.78. The SMILES string of the molecule is Cc1cn(N=Cc2ccc(Oc3ccc([N+](=O)[O-])cc3[N+](=O)[O-])cc2)c(N)n1. The number of nitro groups is 2.